The van der Waals surface area contributed by atoms with Gasteiger partial charge in [-0.3, -0.25) is 4.79 Å². The van der Waals surface area contributed by atoms with Crippen molar-refractivity contribution in [2.45, 2.75) is 12.5 Å². The summed E-state index contributed by atoms with van der Waals surface area (Å²) in [4.78, 5) is 12.8. The predicted octanol–water partition coefficient (Wildman–Crippen LogP) is 4.41. The van der Waals surface area contributed by atoms with E-state index in [4.69, 9.17) is 11.6 Å². The molecule has 0 fully saturated rings. The Bertz CT molecular complexity index is 816. The molecular weight excluding hydrogens is 330 g/mol. The summed E-state index contributed by atoms with van der Waals surface area (Å²) in [5.41, 5.74) is 0.849. The van der Waals surface area contributed by atoms with Gasteiger partial charge in [-0.15, -0.1) is 11.3 Å². The Morgan fingerprint density at radius 1 is 1.13 bits per heavy atom. The number of fused-ring (bicyclic) bond motifs is 1. The first-order valence-corrected chi connectivity index (χ1v) is 8.54. The fraction of sp³-hybridized carbons (Fsp3) is 0.167. The minimum absolute atomic E-state index is 0.198. The van der Waals surface area contributed by atoms with Crippen molar-refractivity contribution in [2.75, 3.05) is 6.54 Å². The number of amides is 1. The van der Waals surface area contributed by atoms with Crippen molar-refractivity contribution in [3.8, 4) is 0 Å². The molecule has 0 saturated heterocycles. The number of hydrogen-bond acceptors (Lipinski definition) is 3. The molecule has 118 valence electrons. The van der Waals surface area contributed by atoms with Crippen LogP contribution >= 0.6 is 22.9 Å². The maximum absolute atomic E-state index is 12.3. The molecular formula is C18H16ClNO2S. The van der Waals surface area contributed by atoms with E-state index >= 15 is 0 Å². The predicted molar refractivity (Wildman–Crippen MR) is 95.2 cm³/mol. The summed E-state index contributed by atoms with van der Waals surface area (Å²) in [6.07, 6.45) is -0.132. The highest BCUT2D eigenvalue weighted by Crippen LogP contribution is 2.34. The monoisotopic (exact) mass is 345 g/mol. The lowest BCUT2D eigenvalue weighted by molar-refractivity contribution is 0.0947. The second kappa shape index (κ2) is 7.13. The molecule has 1 aromatic heterocycles. The molecule has 3 rings (SSSR count). The van der Waals surface area contributed by atoms with E-state index in [0.29, 0.717) is 22.9 Å². The lowest BCUT2D eigenvalue weighted by Gasteiger charge is -2.11. The third-order valence-electron chi connectivity index (χ3n) is 3.63. The standard InChI is InChI=1S/C18H16ClNO2S/c19-16-13-8-4-5-9-15(13)23-17(16)18(22)20-11-10-14(21)12-6-2-1-3-7-12/h1-9,14,21H,10-11H2,(H,20,22). The summed E-state index contributed by atoms with van der Waals surface area (Å²) in [5, 5.41) is 14.3. The third-order valence-corrected chi connectivity index (χ3v) is 5.30. The average molecular weight is 346 g/mol. The first-order valence-electron chi connectivity index (χ1n) is 7.35. The number of hydrogen-bond donors (Lipinski definition) is 2. The van der Waals surface area contributed by atoms with Crippen LogP contribution in [0.25, 0.3) is 10.1 Å². The number of carbonyl (C=O) groups is 1. The molecule has 0 aliphatic heterocycles. The van der Waals surface area contributed by atoms with Crippen molar-refractivity contribution >= 4 is 38.9 Å². The largest absolute Gasteiger partial charge is 0.388 e. The zero-order chi connectivity index (χ0) is 16.2. The lowest BCUT2D eigenvalue weighted by Crippen LogP contribution is -2.25. The van der Waals surface area contributed by atoms with E-state index in [2.05, 4.69) is 5.32 Å². The lowest BCUT2D eigenvalue weighted by atomic mass is 10.1. The van der Waals surface area contributed by atoms with Gasteiger partial charge >= 0.3 is 0 Å². The van der Waals surface area contributed by atoms with Gasteiger partial charge in [0.25, 0.3) is 5.91 Å². The SMILES string of the molecule is O=C(NCCC(O)c1ccccc1)c1sc2ccccc2c1Cl. The van der Waals surface area contributed by atoms with Crippen molar-refractivity contribution in [3.05, 3.63) is 70.1 Å². The third kappa shape index (κ3) is 3.55. The molecule has 1 heterocycles. The molecule has 3 nitrogen and oxygen atoms in total. The van der Waals surface area contributed by atoms with Gasteiger partial charge in [-0.1, -0.05) is 60.1 Å². The molecule has 5 heteroatoms. The smallest absolute Gasteiger partial charge is 0.262 e. The highest BCUT2D eigenvalue weighted by molar-refractivity contribution is 7.21. The molecule has 0 aliphatic carbocycles. The Balaban J connectivity index is 1.62. The second-order valence-electron chi connectivity index (χ2n) is 5.21. The molecule has 2 aromatic carbocycles. The number of nitrogens with one attached hydrogen (secondary N) is 1. The fourth-order valence-corrected chi connectivity index (χ4v) is 3.84. The summed E-state index contributed by atoms with van der Waals surface area (Å²) < 4.78 is 0.993. The summed E-state index contributed by atoms with van der Waals surface area (Å²) >= 11 is 7.67. The Morgan fingerprint density at radius 2 is 1.83 bits per heavy atom. The summed E-state index contributed by atoms with van der Waals surface area (Å²) in [5.74, 6) is -0.198. The van der Waals surface area contributed by atoms with Crippen molar-refractivity contribution < 1.29 is 9.90 Å². The van der Waals surface area contributed by atoms with Gasteiger partial charge in [-0.2, -0.15) is 0 Å². The Hall–Kier alpha value is -1.88. The molecule has 3 aromatic rings. The molecule has 1 amide bonds. The Kier molecular flexibility index (Phi) is 4.96. The number of rotatable bonds is 5. The van der Waals surface area contributed by atoms with Gasteiger partial charge in [0.2, 0.25) is 0 Å². The highest BCUT2D eigenvalue weighted by atomic mass is 35.5. The molecule has 1 unspecified atom stereocenters. The zero-order valence-electron chi connectivity index (χ0n) is 12.3. The first kappa shape index (κ1) is 16.0. The quantitative estimate of drug-likeness (QED) is 0.719. The fourth-order valence-electron chi connectivity index (χ4n) is 2.40. The van der Waals surface area contributed by atoms with Gasteiger partial charge in [0, 0.05) is 16.6 Å². The topological polar surface area (TPSA) is 49.3 Å². The van der Waals surface area contributed by atoms with Crippen molar-refractivity contribution in [1.82, 2.24) is 5.32 Å². The minimum atomic E-state index is -0.589. The summed E-state index contributed by atoms with van der Waals surface area (Å²) in [7, 11) is 0. The van der Waals surface area contributed by atoms with Crippen LogP contribution in [0.2, 0.25) is 5.02 Å². The maximum atomic E-state index is 12.3. The number of carbonyl (C=O) groups excluding carboxylic acids is 1. The number of halogens is 1. The van der Waals surface area contributed by atoms with Crippen LogP contribution in [0.5, 0.6) is 0 Å². The van der Waals surface area contributed by atoms with E-state index in [0.717, 1.165) is 15.6 Å². The number of benzene rings is 2. The Morgan fingerprint density at radius 3 is 2.57 bits per heavy atom. The van der Waals surface area contributed by atoms with Crippen LogP contribution in [-0.2, 0) is 0 Å². The van der Waals surface area contributed by atoms with E-state index in [9.17, 15) is 9.90 Å². The van der Waals surface area contributed by atoms with Gasteiger partial charge in [0.15, 0.2) is 0 Å². The van der Waals surface area contributed by atoms with E-state index in [1.165, 1.54) is 11.3 Å². The van der Waals surface area contributed by atoms with Crippen LogP contribution in [0.1, 0.15) is 27.8 Å². The minimum Gasteiger partial charge on any atom is -0.388 e. The Labute approximate surface area is 143 Å². The van der Waals surface area contributed by atoms with Crippen LogP contribution in [0.4, 0.5) is 0 Å². The van der Waals surface area contributed by atoms with Crippen molar-refractivity contribution in [2.24, 2.45) is 0 Å². The van der Waals surface area contributed by atoms with Crippen LogP contribution in [0.15, 0.2) is 54.6 Å². The van der Waals surface area contributed by atoms with Crippen molar-refractivity contribution in [1.29, 1.82) is 0 Å². The van der Waals surface area contributed by atoms with Crippen LogP contribution in [-0.4, -0.2) is 17.6 Å². The molecule has 0 bridgehead atoms. The molecule has 0 spiro atoms. The van der Waals surface area contributed by atoms with Gasteiger partial charge < -0.3 is 10.4 Å². The number of thiophene rings is 1. The van der Waals surface area contributed by atoms with E-state index in [1.54, 1.807) is 0 Å². The summed E-state index contributed by atoms with van der Waals surface area (Å²) in [6, 6.07) is 17.1. The van der Waals surface area contributed by atoms with E-state index < -0.39 is 6.10 Å². The van der Waals surface area contributed by atoms with Crippen LogP contribution in [0.3, 0.4) is 0 Å². The van der Waals surface area contributed by atoms with Gasteiger partial charge in [0.05, 0.1) is 11.1 Å². The molecule has 2 N–H and O–H groups in total. The van der Waals surface area contributed by atoms with E-state index in [1.807, 2.05) is 54.6 Å². The maximum Gasteiger partial charge on any atom is 0.262 e. The molecule has 1 atom stereocenters. The molecule has 23 heavy (non-hydrogen) atoms. The highest BCUT2D eigenvalue weighted by Gasteiger charge is 2.17. The molecule has 0 aliphatic rings. The van der Waals surface area contributed by atoms with Gasteiger partial charge in [0.1, 0.15) is 4.88 Å². The van der Waals surface area contributed by atoms with E-state index in [-0.39, 0.29) is 5.91 Å². The van der Waals surface area contributed by atoms with Crippen molar-refractivity contribution in [3.63, 3.8) is 0 Å². The molecule has 0 radical (unpaired) electrons. The first-order chi connectivity index (χ1) is 11.2. The summed E-state index contributed by atoms with van der Waals surface area (Å²) in [6.45, 7) is 0.388. The van der Waals surface area contributed by atoms with Crippen LogP contribution in [0, 0.1) is 0 Å². The van der Waals surface area contributed by atoms with Gasteiger partial charge in [-0.25, -0.2) is 0 Å². The second-order valence-corrected chi connectivity index (χ2v) is 6.64. The zero-order valence-corrected chi connectivity index (χ0v) is 13.9. The number of aliphatic hydroxyl groups excluding tert-OH is 1. The number of aliphatic hydroxyl groups is 1. The van der Waals surface area contributed by atoms with Crippen LogP contribution < -0.4 is 5.32 Å². The normalized spacial score (nSPS) is 12.3. The van der Waals surface area contributed by atoms with Gasteiger partial charge in [-0.05, 0) is 18.1 Å². The molecule has 0 saturated carbocycles. The average Bonchev–Trinajstić information content (AvgIpc) is 2.93.